The fourth-order valence-corrected chi connectivity index (χ4v) is 3.70. The number of nitrogens with zero attached hydrogens (tertiary/aromatic N) is 3. The topological polar surface area (TPSA) is 46.1 Å². The van der Waals surface area contributed by atoms with E-state index in [1.807, 2.05) is 31.2 Å². The van der Waals surface area contributed by atoms with E-state index >= 15 is 0 Å². The van der Waals surface area contributed by atoms with Gasteiger partial charge >= 0.3 is 0 Å². The molecule has 1 aliphatic rings. The number of rotatable bonds is 2. The third-order valence-electron chi connectivity index (χ3n) is 4.96. The fraction of sp³-hybridized carbons (Fsp3) is 0.227. The molecule has 0 bridgehead atoms. The Balaban J connectivity index is 1.66. The molecule has 2 heterocycles. The van der Waals surface area contributed by atoms with Crippen LogP contribution in [0.15, 0.2) is 48.5 Å². The number of carbonyl (C=O) groups excluding carboxylic acids is 1. The van der Waals surface area contributed by atoms with E-state index < -0.39 is 5.82 Å². The van der Waals surface area contributed by atoms with E-state index in [2.05, 4.69) is 9.97 Å². The van der Waals surface area contributed by atoms with Gasteiger partial charge in [-0.05, 0) is 37.6 Å². The van der Waals surface area contributed by atoms with Crippen LogP contribution in [-0.4, -0.2) is 33.9 Å². The molecule has 0 aliphatic carbocycles. The molecule has 1 aliphatic heterocycles. The molecule has 3 aromatic rings. The Morgan fingerprint density at radius 1 is 1.04 bits per heavy atom. The van der Waals surface area contributed by atoms with Crippen molar-refractivity contribution in [2.24, 2.45) is 0 Å². The minimum absolute atomic E-state index is 0.105. The molecule has 1 amide bonds. The first-order chi connectivity index (χ1) is 13.5. The van der Waals surface area contributed by atoms with Gasteiger partial charge in [0.25, 0.3) is 5.91 Å². The van der Waals surface area contributed by atoms with Crippen LogP contribution in [0.25, 0.3) is 11.3 Å². The molecule has 4 nitrogen and oxygen atoms in total. The lowest BCUT2D eigenvalue weighted by Crippen LogP contribution is -2.33. The highest BCUT2D eigenvalue weighted by atomic mass is 35.5. The molecule has 0 atom stereocenters. The number of fused-ring (bicyclic) bond motifs is 1. The van der Waals surface area contributed by atoms with Crippen LogP contribution in [0.2, 0.25) is 5.02 Å². The monoisotopic (exact) mass is 395 g/mol. The summed E-state index contributed by atoms with van der Waals surface area (Å²) >= 11 is 6.02. The smallest absolute Gasteiger partial charge is 0.256 e. The van der Waals surface area contributed by atoms with Gasteiger partial charge in [-0.25, -0.2) is 14.4 Å². The summed E-state index contributed by atoms with van der Waals surface area (Å²) in [6.45, 7) is 2.86. The second kappa shape index (κ2) is 7.68. The van der Waals surface area contributed by atoms with Crippen LogP contribution in [0.1, 0.15) is 27.4 Å². The summed E-state index contributed by atoms with van der Waals surface area (Å²) in [5.74, 6) is -0.0899. The Morgan fingerprint density at radius 3 is 2.50 bits per heavy atom. The van der Waals surface area contributed by atoms with E-state index in [4.69, 9.17) is 11.6 Å². The van der Waals surface area contributed by atoms with Gasteiger partial charge in [0.2, 0.25) is 0 Å². The van der Waals surface area contributed by atoms with Crippen molar-refractivity contribution in [1.82, 2.24) is 14.9 Å². The molecule has 0 saturated heterocycles. The molecule has 6 heteroatoms. The van der Waals surface area contributed by atoms with Crippen molar-refractivity contribution in [1.29, 1.82) is 0 Å². The van der Waals surface area contributed by atoms with Crippen molar-refractivity contribution in [3.05, 3.63) is 82.0 Å². The third kappa shape index (κ3) is 3.62. The number of amides is 1. The first kappa shape index (κ1) is 18.6. The maximum absolute atomic E-state index is 14.0. The summed E-state index contributed by atoms with van der Waals surface area (Å²) < 4.78 is 14.0. The molecule has 4 rings (SSSR count). The highest BCUT2D eigenvalue weighted by Crippen LogP contribution is 2.28. The number of aryl methyl sites for hydroxylation is 1. The van der Waals surface area contributed by atoms with Crippen LogP contribution in [0.3, 0.4) is 0 Å². The summed E-state index contributed by atoms with van der Waals surface area (Å²) in [5, 5.41) is 0.669. The standard InChI is InChI=1S/C22H19ClFN3O/c1-14-25-20-11-13-27(22(28)17-4-2-3-5-19(17)24)12-10-18(20)21(26-14)15-6-8-16(23)9-7-15/h2-9H,10-13H2,1H3. The first-order valence-corrected chi connectivity index (χ1v) is 9.57. The van der Waals surface area contributed by atoms with E-state index in [0.29, 0.717) is 36.8 Å². The van der Waals surface area contributed by atoms with Gasteiger partial charge in [-0.15, -0.1) is 0 Å². The van der Waals surface area contributed by atoms with Gasteiger partial charge in [0.15, 0.2) is 0 Å². The quantitative estimate of drug-likeness (QED) is 0.642. The second-order valence-electron chi connectivity index (χ2n) is 6.82. The molecule has 0 unspecified atom stereocenters. The van der Waals surface area contributed by atoms with Gasteiger partial charge in [0.05, 0.1) is 11.3 Å². The van der Waals surface area contributed by atoms with Crippen molar-refractivity contribution < 1.29 is 9.18 Å². The predicted octanol–water partition coefficient (Wildman–Crippen LogP) is 4.49. The van der Waals surface area contributed by atoms with Crippen molar-refractivity contribution in [3.63, 3.8) is 0 Å². The SMILES string of the molecule is Cc1nc2c(c(-c3ccc(Cl)cc3)n1)CCN(C(=O)c1ccccc1F)CC2. The molecular formula is C22H19ClFN3O. The molecule has 1 aromatic heterocycles. The number of hydrogen-bond donors (Lipinski definition) is 0. The summed E-state index contributed by atoms with van der Waals surface area (Å²) in [6.07, 6.45) is 1.23. The molecular weight excluding hydrogens is 377 g/mol. The molecule has 28 heavy (non-hydrogen) atoms. The Hall–Kier alpha value is -2.79. The zero-order chi connectivity index (χ0) is 19.7. The average molecular weight is 396 g/mol. The average Bonchev–Trinajstić information content (AvgIpc) is 2.90. The van der Waals surface area contributed by atoms with Gasteiger partial charge in [0, 0.05) is 41.4 Å². The Bertz CT molecular complexity index is 1040. The molecule has 2 aromatic carbocycles. The van der Waals surface area contributed by atoms with Crippen LogP contribution >= 0.6 is 11.6 Å². The Morgan fingerprint density at radius 2 is 1.75 bits per heavy atom. The van der Waals surface area contributed by atoms with Crippen LogP contribution in [0.4, 0.5) is 4.39 Å². The number of benzene rings is 2. The summed E-state index contributed by atoms with van der Waals surface area (Å²) in [6, 6.07) is 13.7. The van der Waals surface area contributed by atoms with Crippen molar-refractivity contribution in [2.45, 2.75) is 19.8 Å². The normalized spacial score (nSPS) is 13.8. The minimum atomic E-state index is -0.494. The lowest BCUT2D eigenvalue weighted by Gasteiger charge is -2.20. The van der Waals surface area contributed by atoms with E-state index in [0.717, 1.165) is 22.5 Å². The fourth-order valence-electron chi connectivity index (χ4n) is 3.58. The van der Waals surface area contributed by atoms with E-state index in [-0.39, 0.29) is 11.5 Å². The maximum atomic E-state index is 14.0. The first-order valence-electron chi connectivity index (χ1n) is 9.19. The Labute approximate surface area is 168 Å². The highest BCUT2D eigenvalue weighted by Gasteiger charge is 2.24. The zero-order valence-corrected chi connectivity index (χ0v) is 16.2. The largest absolute Gasteiger partial charge is 0.338 e. The number of carbonyl (C=O) groups is 1. The third-order valence-corrected chi connectivity index (χ3v) is 5.22. The molecule has 142 valence electrons. The van der Waals surface area contributed by atoms with Crippen LogP contribution in [0, 0.1) is 12.7 Å². The molecule has 0 saturated carbocycles. The van der Waals surface area contributed by atoms with Crippen LogP contribution < -0.4 is 0 Å². The molecule has 0 spiro atoms. The van der Waals surface area contributed by atoms with Crippen LogP contribution in [0.5, 0.6) is 0 Å². The van der Waals surface area contributed by atoms with E-state index in [9.17, 15) is 9.18 Å². The number of hydrogen-bond acceptors (Lipinski definition) is 3. The minimum Gasteiger partial charge on any atom is -0.338 e. The molecule has 0 fully saturated rings. The highest BCUT2D eigenvalue weighted by molar-refractivity contribution is 6.30. The maximum Gasteiger partial charge on any atom is 0.256 e. The number of aromatic nitrogens is 2. The molecule has 0 N–H and O–H groups in total. The van der Waals surface area contributed by atoms with Crippen molar-refractivity contribution in [2.75, 3.05) is 13.1 Å². The van der Waals surface area contributed by atoms with Gasteiger partial charge in [-0.1, -0.05) is 35.9 Å². The van der Waals surface area contributed by atoms with Crippen molar-refractivity contribution in [3.8, 4) is 11.3 Å². The van der Waals surface area contributed by atoms with Gasteiger partial charge in [-0.3, -0.25) is 4.79 Å². The van der Waals surface area contributed by atoms with Gasteiger partial charge < -0.3 is 4.90 Å². The zero-order valence-electron chi connectivity index (χ0n) is 15.5. The lowest BCUT2D eigenvalue weighted by atomic mass is 10.0. The van der Waals surface area contributed by atoms with Crippen molar-refractivity contribution >= 4 is 17.5 Å². The summed E-state index contributed by atoms with van der Waals surface area (Å²) in [7, 11) is 0. The second-order valence-corrected chi connectivity index (χ2v) is 7.26. The predicted molar refractivity (Wildman–Crippen MR) is 107 cm³/mol. The molecule has 0 radical (unpaired) electrons. The van der Waals surface area contributed by atoms with Gasteiger partial charge in [-0.2, -0.15) is 0 Å². The number of halogens is 2. The summed E-state index contributed by atoms with van der Waals surface area (Å²) in [5.41, 5.74) is 3.94. The van der Waals surface area contributed by atoms with E-state index in [1.54, 1.807) is 17.0 Å². The Kier molecular flexibility index (Phi) is 5.09. The summed E-state index contributed by atoms with van der Waals surface area (Å²) in [4.78, 5) is 23.8. The van der Waals surface area contributed by atoms with Gasteiger partial charge in [0.1, 0.15) is 11.6 Å². The van der Waals surface area contributed by atoms with E-state index in [1.165, 1.54) is 12.1 Å². The lowest BCUT2D eigenvalue weighted by molar-refractivity contribution is 0.0758. The van der Waals surface area contributed by atoms with Crippen LogP contribution in [-0.2, 0) is 12.8 Å².